The Kier molecular flexibility index (Phi) is 4.01. The molecule has 7 heteroatoms. The van der Waals surface area contributed by atoms with Gasteiger partial charge in [0.15, 0.2) is 0 Å². The van der Waals surface area contributed by atoms with Crippen molar-refractivity contribution in [3.05, 3.63) is 38.9 Å². The highest BCUT2D eigenvalue weighted by molar-refractivity contribution is 6.31. The molecule has 1 heterocycles. The van der Waals surface area contributed by atoms with Crippen LogP contribution in [0.15, 0.2) is 18.2 Å². The summed E-state index contributed by atoms with van der Waals surface area (Å²) in [6, 6.07) is 3.99. The Bertz CT molecular complexity index is 520. The van der Waals surface area contributed by atoms with E-state index in [9.17, 15) is 14.9 Å². The first-order valence-electron chi connectivity index (χ1n) is 5.84. The molecule has 0 aliphatic carbocycles. The van der Waals surface area contributed by atoms with Gasteiger partial charge < -0.3 is 9.64 Å². The lowest BCUT2D eigenvalue weighted by Crippen LogP contribution is -2.44. The van der Waals surface area contributed by atoms with Crippen molar-refractivity contribution >= 4 is 23.2 Å². The van der Waals surface area contributed by atoms with Crippen LogP contribution in [0, 0.1) is 10.1 Å². The largest absolute Gasteiger partial charge is 0.375 e. The highest BCUT2D eigenvalue weighted by atomic mass is 35.5. The zero-order valence-corrected chi connectivity index (χ0v) is 11.1. The third-order valence-electron chi connectivity index (χ3n) is 2.91. The van der Waals surface area contributed by atoms with Gasteiger partial charge in [0, 0.05) is 24.2 Å². The molecule has 0 spiro atoms. The first-order chi connectivity index (χ1) is 8.99. The van der Waals surface area contributed by atoms with Crippen molar-refractivity contribution in [2.45, 2.75) is 13.0 Å². The number of nitro benzene ring substituents is 1. The number of amides is 1. The van der Waals surface area contributed by atoms with Gasteiger partial charge in [-0.05, 0) is 19.1 Å². The van der Waals surface area contributed by atoms with Gasteiger partial charge in [0.1, 0.15) is 5.56 Å². The summed E-state index contributed by atoms with van der Waals surface area (Å²) < 4.78 is 5.34. The number of nitro groups is 1. The molecule has 1 unspecified atom stereocenters. The van der Waals surface area contributed by atoms with Crippen LogP contribution in [0.4, 0.5) is 5.69 Å². The van der Waals surface area contributed by atoms with E-state index >= 15 is 0 Å². The SMILES string of the molecule is CC1CN(C(=O)c2cc(Cl)ccc2[N+](=O)[O-])CCO1. The molecular weight excluding hydrogens is 272 g/mol. The number of carbonyl (C=O) groups is 1. The molecule has 0 aromatic heterocycles. The number of nitrogens with zero attached hydrogens (tertiary/aromatic N) is 2. The fourth-order valence-electron chi connectivity index (χ4n) is 2.01. The molecule has 0 N–H and O–H groups in total. The molecule has 102 valence electrons. The van der Waals surface area contributed by atoms with E-state index in [0.717, 1.165) is 0 Å². The molecule has 1 fully saturated rings. The molecule has 19 heavy (non-hydrogen) atoms. The predicted molar refractivity (Wildman–Crippen MR) is 69.4 cm³/mol. The molecule has 1 aromatic rings. The van der Waals surface area contributed by atoms with Gasteiger partial charge in [0.25, 0.3) is 11.6 Å². The van der Waals surface area contributed by atoms with Crippen molar-refractivity contribution in [2.24, 2.45) is 0 Å². The quantitative estimate of drug-likeness (QED) is 0.616. The average Bonchev–Trinajstić information content (AvgIpc) is 2.37. The Morgan fingerprint density at radius 3 is 2.95 bits per heavy atom. The summed E-state index contributed by atoms with van der Waals surface area (Å²) in [5, 5.41) is 11.3. The second kappa shape index (κ2) is 5.54. The van der Waals surface area contributed by atoms with Gasteiger partial charge in [-0.2, -0.15) is 0 Å². The van der Waals surface area contributed by atoms with Crippen molar-refractivity contribution in [3.8, 4) is 0 Å². The number of hydrogen-bond acceptors (Lipinski definition) is 4. The summed E-state index contributed by atoms with van der Waals surface area (Å²) in [4.78, 5) is 24.3. The van der Waals surface area contributed by atoms with E-state index in [1.807, 2.05) is 6.92 Å². The van der Waals surface area contributed by atoms with Gasteiger partial charge in [-0.1, -0.05) is 11.6 Å². The summed E-state index contributed by atoms with van der Waals surface area (Å²) in [5.41, 5.74) is -0.208. The third kappa shape index (κ3) is 3.02. The topological polar surface area (TPSA) is 72.7 Å². The number of rotatable bonds is 2. The van der Waals surface area contributed by atoms with Gasteiger partial charge in [-0.15, -0.1) is 0 Å². The number of carbonyl (C=O) groups excluding carboxylic acids is 1. The first-order valence-corrected chi connectivity index (χ1v) is 6.21. The maximum Gasteiger partial charge on any atom is 0.282 e. The lowest BCUT2D eigenvalue weighted by atomic mass is 10.1. The Morgan fingerprint density at radius 2 is 2.32 bits per heavy atom. The van der Waals surface area contributed by atoms with Crippen LogP contribution < -0.4 is 0 Å². The van der Waals surface area contributed by atoms with Gasteiger partial charge >= 0.3 is 0 Å². The molecule has 1 saturated heterocycles. The maximum absolute atomic E-state index is 12.3. The van der Waals surface area contributed by atoms with E-state index in [2.05, 4.69) is 0 Å². The Hall–Kier alpha value is -1.66. The molecule has 0 bridgehead atoms. The van der Waals surface area contributed by atoms with Gasteiger partial charge in [0.05, 0.1) is 17.6 Å². The minimum absolute atomic E-state index is 0.0200. The number of halogens is 1. The van der Waals surface area contributed by atoms with Gasteiger partial charge in [0.2, 0.25) is 0 Å². The normalized spacial score (nSPS) is 19.3. The minimum Gasteiger partial charge on any atom is -0.375 e. The minimum atomic E-state index is -0.576. The van der Waals surface area contributed by atoms with Crippen LogP contribution >= 0.6 is 11.6 Å². The van der Waals surface area contributed by atoms with Crippen molar-refractivity contribution in [2.75, 3.05) is 19.7 Å². The van der Waals surface area contributed by atoms with Crippen LogP contribution in [0.1, 0.15) is 17.3 Å². The van der Waals surface area contributed by atoms with E-state index in [1.54, 1.807) is 4.90 Å². The van der Waals surface area contributed by atoms with Crippen LogP contribution in [0.5, 0.6) is 0 Å². The lowest BCUT2D eigenvalue weighted by Gasteiger charge is -2.31. The zero-order chi connectivity index (χ0) is 14.0. The number of morpholine rings is 1. The second-order valence-electron chi connectivity index (χ2n) is 4.35. The molecule has 6 nitrogen and oxygen atoms in total. The molecule has 0 radical (unpaired) electrons. The molecule has 1 aliphatic heterocycles. The van der Waals surface area contributed by atoms with E-state index in [4.69, 9.17) is 16.3 Å². The summed E-state index contributed by atoms with van der Waals surface area (Å²) in [6.45, 7) is 3.13. The Labute approximate surface area is 115 Å². The average molecular weight is 285 g/mol. The van der Waals surface area contributed by atoms with Crippen LogP contribution in [0.3, 0.4) is 0 Å². The Morgan fingerprint density at radius 1 is 1.58 bits per heavy atom. The summed E-state index contributed by atoms with van der Waals surface area (Å²) in [7, 11) is 0. The maximum atomic E-state index is 12.3. The van der Waals surface area contributed by atoms with E-state index in [-0.39, 0.29) is 23.3 Å². The highest BCUT2D eigenvalue weighted by Gasteiger charge is 2.28. The number of ether oxygens (including phenoxy) is 1. The molecule has 1 aromatic carbocycles. The third-order valence-corrected chi connectivity index (χ3v) is 3.15. The summed E-state index contributed by atoms with van der Waals surface area (Å²) in [6.07, 6.45) is -0.0732. The molecular formula is C12H13ClN2O4. The molecule has 1 aliphatic rings. The predicted octanol–water partition coefficient (Wildman–Crippen LogP) is 2.11. The Balaban J connectivity index is 2.32. The van der Waals surface area contributed by atoms with Crippen LogP contribution in [-0.4, -0.2) is 41.5 Å². The zero-order valence-electron chi connectivity index (χ0n) is 10.3. The van der Waals surface area contributed by atoms with Crippen molar-refractivity contribution in [1.29, 1.82) is 0 Å². The van der Waals surface area contributed by atoms with Gasteiger partial charge in [-0.3, -0.25) is 14.9 Å². The lowest BCUT2D eigenvalue weighted by molar-refractivity contribution is -0.385. The fourth-order valence-corrected chi connectivity index (χ4v) is 2.18. The van der Waals surface area contributed by atoms with Crippen molar-refractivity contribution < 1.29 is 14.5 Å². The molecule has 2 rings (SSSR count). The molecule has 0 saturated carbocycles. The van der Waals surface area contributed by atoms with Crippen LogP contribution in [-0.2, 0) is 4.74 Å². The second-order valence-corrected chi connectivity index (χ2v) is 4.79. The van der Waals surface area contributed by atoms with E-state index in [0.29, 0.717) is 24.7 Å². The van der Waals surface area contributed by atoms with Gasteiger partial charge in [-0.25, -0.2) is 0 Å². The summed E-state index contributed by atoms with van der Waals surface area (Å²) >= 11 is 5.82. The fraction of sp³-hybridized carbons (Fsp3) is 0.417. The van der Waals surface area contributed by atoms with E-state index in [1.165, 1.54) is 18.2 Å². The monoisotopic (exact) mass is 284 g/mol. The molecule has 1 atom stereocenters. The van der Waals surface area contributed by atoms with Crippen molar-refractivity contribution in [3.63, 3.8) is 0 Å². The van der Waals surface area contributed by atoms with Crippen LogP contribution in [0.25, 0.3) is 0 Å². The smallest absolute Gasteiger partial charge is 0.282 e. The number of benzene rings is 1. The van der Waals surface area contributed by atoms with Crippen LogP contribution in [0.2, 0.25) is 5.02 Å². The highest BCUT2D eigenvalue weighted by Crippen LogP contribution is 2.24. The van der Waals surface area contributed by atoms with E-state index < -0.39 is 4.92 Å². The molecule has 1 amide bonds. The number of hydrogen-bond donors (Lipinski definition) is 0. The van der Waals surface area contributed by atoms with Crippen molar-refractivity contribution in [1.82, 2.24) is 4.90 Å². The standard InChI is InChI=1S/C12H13ClN2O4/c1-8-7-14(4-5-19-8)12(16)10-6-9(13)2-3-11(10)15(17)18/h2-3,6,8H,4-5,7H2,1H3. The first kappa shape index (κ1) is 13.8. The summed E-state index contributed by atoms with van der Waals surface area (Å²) in [5.74, 6) is -0.385.